The Morgan fingerprint density at radius 2 is 1.96 bits per heavy atom. The lowest BCUT2D eigenvalue weighted by Gasteiger charge is -2.33. The summed E-state index contributed by atoms with van der Waals surface area (Å²) in [5, 5.41) is 4.80. The summed E-state index contributed by atoms with van der Waals surface area (Å²) in [6.45, 7) is 5.74. The predicted octanol–water partition coefficient (Wildman–Crippen LogP) is 3.06. The Hall–Kier alpha value is -2.51. The molecule has 4 rings (SSSR count). The van der Waals surface area contributed by atoms with E-state index in [0.717, 1.165) is 41.7 Å². The zero-order valence-electron chi connectivity index (χ0n) is 14.6. The van der Waals surface area contributed by atoms with Crippen molar-refractivity contribution in [3.8, 4) is 10.6 Å². The molecule has 0 aliphatic carbocycles. The van der Waals surface area contributed by atoms with Crippen molar-refractivity contribution in [2.75, 3.05) is 26.2 Å². The molecule has 1 aliphatic rings. The first kappa shape index (κ1) is 16.9. The number of hydrogen-bond acceptors (Lipinski definition) is 6. The molecule has 0 unspecified atom stereocenters. The number of rotatable bonds is 4. The molecule has 134 valence electrons. The van der Waals surface area contributed by atoms with Gasteiger partial charge in [-0.2, -0.15) is 0 Å². The summed E-state index contributed by atoms with van der Waals surface area (Å²) in [6, 6.07) is 11.9. The summed E-state index contributed by atoms with van der Waals surface area (Å²) in [6.07, 6.45) is 1.69. The summed E-state index contributed by atoms with van der Waals surface area (Å²) in [5.41, 5.74) is 1.94. The molecule has 0 radical (unpaired) electrons. The van der Waals surface area contributed by atoms with Crippen molar-refractivity contribution in [1.29, 1.82) is 0 Å². The molecule has 1 aromatic carbocycles. The van der Waals surface area contributed by atoms with E-state index >= 15 is 0 Å². The fourth-order valence-corrected chi connectivity index (χ4v) is 3.95. The molecule has 6 nitrogen and oxygen atoms in total. The third kappa shape index (κ3) is 3.68. The minimum absolute atomic E-state index is 0.0693. The quantitative estimate of drug-likeness (QED) is 0.708. The Kier molecular flexibility index (Phi) is 4.81. The van der Waals surface area contributed by atoms with Crippen LogP contribution in [-0.4, -0.2) is 52.0 Å². The number of carbonyl (C=O) groups is 1. The minimum Gasteiger partial charge on any atom is -0.360 e. The molecule has 1 aliphatic heterocycles. The predicted molar refractivity (Wildman–Crippen MR) is 100.0 cm³/mol. The number of thiazole rings is 1. The summed E-state index contributed by atoms with van der Waals surface area (Å²) in [7, 11) is 0. The standard InChI is InChI=1S/C19H20N4O2S/c1-14-11-16(25-21-14)13-22-7-9-23(10-8-22)19(24)17-12-20-18(26-17)15-5-3-2-4-6-15/h2-6,11-12H,7-10,13H2,1H3. The first-order valence-electron chi connectivity index (χ1n) is 8.64. The molecule has 0 saturated carbocycles. The summed E-state index contributed by atoms with van der Waals surface area (Å²) in [4.78, 5) is 22.1. The Morgan fingerprint density at radius 1 is 1.19 bits per heavy atom. The van der Waals surface area contributed by atoms with E-state index in [1.54, 1.807) is 6.20 Å². The van der Waals surface area contributed by atoms with Crippen molar-refractivity contribution >= 4 is 17.2 Å². The normalized spacial score (nSPS) is 15.3. The molecule has 26 heavy (non-hydrogen) atoms. The van der Waals surface area contributed by atoms with Crippen molar-refractivity contribution in [3.63, 3.8) is 0 Å². The molecule has 0 bridgehead atoms. The van der Waals surface area contributed by atoms with E-state index in [-0.39, 0.29) is 5.91 Å². The van der Waals surface area contributed by atoms with Crippen LogP contribution in [0, 0.1) is 6.92 Å². The molecular formula is C19H20N4O2S. The minimum atomic E-state index is 0.0693. The second-order valence-corrected chi connectivity index (χ2v) is 7.43. The van der Waals surface area contributed by atoms with Gasteiger partial charge in [-0.15, -0.1) is 11.3 Å². The van der Waals surface area contributed by atoms with Crippen molar-refractivity contribution in [2.24, 2.45) is 0 Å². The topological polar surface area (TPSA) is 62.5 Å². The molecule has 1 amide bonds. The molecule has 0 spiro atoms. The zero-order valence-corrected chi connectivity index (χ0v) is 15.4. The van der Waals surface area contributed by atoms with Gasteiger partial charge in [0.2, 0.25) is 0 Å². The van der Waals surface area contributed by atoms with Crippen LogP contribution in [0.3, 0.4) is 0 Å². The third-order valence-corrected chi connectivity index (χ3v) is 5.49. The van der Waals surface area contributed by atoms with Crippen LogP contribution in [0.25, 0.3) is 10.6 Å². The second kappa shape index (κ2) is 7.39. The van der Waals surface area contributed by atoms with E-state index in [0.29, 0.717) is 18.0 Å². The molecule has 1 saturated heterocycles. The van der Waals surface area contributed by atoms with E-state index in [2.05, 4.69) is 15.0 Å². The highest BCUT2D eigenvalue weighted by molar-refractivity contribution is 7.16. The van der Waals surface area contributed by atoms with Gasteiger partial charge in [0.1, 0.15) is 9.88 Å². The molecule has 0 atom stereocenters. The van der Waals surface area contributed by atoms with E-state index in [1.165, 1.54) is 11.3 Å². The van der Waals surface area contributed by atoms with E-state index in [4.69, 9.17) is 4.52 Å². The number of aromatic nitrogens is 2. The fraction of sp³-hybridized carbons (Fsp3) is 0.316. The molecule has 3 heterocycles. The number of piperazine rings is 1. The van der Waals surface area contributed by atoms with Gasteiger partial charge in [0, 0.05) is 37.8 Å². The highest BCUT2D eigenvalue weighted by Gasteiger charge is 2.24. The van der Waals surface area contributed by atoms with Gasteiger partial charge in [0.05, 0.1) is 18.4 Å². The maximum absolute atomic E-state index is 12.8. The van der Waals surface area contributed by atoms with Crippen molar-refractivity contribution in [3.05, 3.63) is 58.9 Å². The van der Waals surface area contributed by atoms with E-state index < -0.39 is 0 Å². The largest absolute Gasteiger partial charge is 0.360 e. The molecule has 1 fully saturated rings. The van der Waals surface area contributed by atoms with Gasteiger partial charge in [0.15, 0.2) is 5.76 Å². The van der Waals surface area contributed by atoms with Crippen LogP contribution in [-0.2, 0) is 6.54 Å². The number of nitrogens with zero attached hydrogens (tertiary/aromatic N) is 4. The van der Waals surface area contributed by atoms with Crippen LogP contribution < -0.4 is 0 Å². The number of hydrogen-bond donors (Lipinski definition) is 0. The monoisotopic (exact) mass is 368 g/mol. The van der Waals surface area contributed by atoms with Gasteiger partial charge >= 0.3 is 0 Å². The average molecular weight is 368 g/mol. The second-order valence-electron chi connectivity index (χ2n) is 6.40. The molecule has 0 N–H and O–H groups in total. The fourth-order valence-electron chi connectivity index (χ4n) is 3.06. The smallest absolute Gasteiger partial charge is 0.265 e. The number of carbonyl (C=O) groups excluding carboxylic acids is 1. The lowest BCUT2D eigenvalue weighted by molar-refractivity contribution is 0.0622. The maximum Gasteiger partial charge on any atom is 0.265 e. The van der Waals surface area contributed by atoms with Crippen molar-refractivity contribution < 1.29 is 9.32 Å². The molecular weight excluding hydrogens is 348 g/mol. The summed E-state index contributed by atoms with van der Waals surface area (Å²) >= 11 is 1.45. The van der Waals surface area contributed by atoms with Gasteiger partial charge < -0.3 is 9.42 Å². The van der Waals surface area contributed by atoms with Gasteiger partial charge in [-0.3, -0.25) is 9.69 Å². The molecule has 2 aromatic heterocycles. The van der Waals surface area contributed by atoms with Gasteiger partial charge in [0.25, 0.3) is 5.91 Å². The van der Waals surface area contributed by atoms with Crippen molar-refractivity contribution in [1.82, 2.24) is 19.9 Å². The van der Waals surface area contributed by atoms with E-state index in [1.807, 2.05) is 48.2 Å². The zero-order chi connectivity index (χ0) is 17.9. The maximum atomic E-state index is 12.8. The van der Waals surface area contributed by atoms with Crippen molar-refractivity contribution in [2.45, 2.75) is 13.5 Å². The van der Waals surface area contributed by atoms with Gasteiger partial charge in [-0.05, 0) is 6.92 Å². The Labute approximate surface area is 156 Å². The molecule has 3 aromatic rings. The van der Waals surface area contributed by atoms with Gasteiger partial charge in [-0.25, -0.2) is 4.98 Å². The first-order chi connectivity index (χ1) is 12.7. The lowest BCUT2D eigenvalue weighted by Crippen LogP contribution is -2.48. The molecule has 7 heteroatoms. The van der Waals surface area contributed by atoms with Crippen LogP contribution in [0.1, 0.15) is 21.1 Å². The Balaban J connectivity index is 1.36. The van der Waals surface area contributed by atoms with Crippen LogP contribution in [0.4, 0.5) is 0 Å². The number of amides is 1. The Morgan fingerprint density at radius 3 is 2.65 bits per heavy atom. The highest BCUT2D eigenvalue weighted by Crippen LogP contribution is 2.26. The van der Waals surface area contributed by atoms with Crippen LogP contribution in [0.5, 0.6) is 0 Å². The van der Waals surface area contributed by atoms with Crippen LogP contribution in [0.2, 0.25) is 0 Å². The lowest BCUT2D eigenvalue weighted by atomic mass is 10.2. The number of aryl methyl sites for hydroxylation is 1. The van der Waals surface area contributed by atoms with Crippen LogP contribution >= 0.6 is 11.3 Å². The SMILES string of the molecule is Cc1cc(CN2CCN(C(=O)c3cnc(-c4ccccc4)s3)CC2)on1. The highest BCUT2D eigenvalue weighted by atomic mass is 32.1. The average Bonchev–Trinajstić information content (AvgIpc) is 3.32. The summed E-state index contributed by atoms with van der Waals surface area (Å²) < 4.78 is 5.28. The van der Waals surface area contributed by atoms with E-state index in [9.17, 15) is 4.79 Å². The number of benzene rings is 1. The van der Waals surface area contributed by atoms with Crippen LogP contribution in [0.15, 0.2) is 47.1 Å². The Bertz CT molecular complexity index is 882. The first-order valence-corrected chi connectivity index (χ1v) is 9.46. The third-order valence-electron chi connectivity index (χ3n) is 4.45. The summed E-state index contributed by atoms with van der Waals surface area (Å²) in [5.74, 6) is 0.942. The van der Waals surface area contributed by atoms with Gasteiger partial charge in [-0.1, -0.05) is 35.5 Å².